The van der Waals surface area contributed by atoms with E-state index in [1.165, 1.54) is 5.56 Å². The molecule has 1 fully saturated rings. The van der Waals surface area contributed by atoms with Gasteiger partial charge in [-0.3, -0.25) is 19.6 Å². The van der Waals surface area contributed by atoms with Crippen molar-refractivity contribution in [2.45, 2.75) is 50.5 Å². The maximum atomic E-state index is 10.3. The van der Waals surface area contributed by atoms with Crippen molar-refractivity contribution >= 4 is 17.9 Å². The summed E-state index contributed by atoms with van der Waals surface area (Å²) in [7, 11) is 1.68. The summed E-state index contributed by atoms with van der Waals surface area (Å²) >= 11 is 0. The number of hydrogen-bond acceptors (Lipinski definition) is 9. The molecule has 4 rings (SSSR count). The van der Waals surface area contributed by atoms with Crippen LogP contribution in [-0.4, -0.2) is 90.5 Å². The van der Waals surface area contributed by atoms with Crippen molar-refractivity contribution in [1.82, 2.24) is 15.1 Å². The van der Waals surface area contributed by atoms with E-state index < -0.39 is 36.4 Å². The quantitative estimate of drug-likeness (QED) is 0.171. The number of aromatic hydroxyl groups is 1. The number of H-pyrrole nitrogens is 1. The Bertz CT molecular complexity index is 1300. The van der Waals surface area contributed by atoms with Crippen molar-refractivity contribution in [3.8, 4) is 22.8 Å². The van der Waals surface area contributed by atoms with E-state index in [9.17, 15) is 19.5 Å². The molecule has 6 N–H and O–H groups in total. The Morgan fingerprint density at radius 2 is 1.67 bits per heavy atom. The molecule has 1 saturated heterocycles. The highest BCUT2D eigenvalue weighted by atomic mass is 16.5. The largest absolute Gasteiger partial charge is 0.508 e. The van der Waals surface area contributed by atoms with Gasteiger partial charge in [0.15, 0.2) is 5.60 Å². The molecule has 3 aromatic rings. The average molecular weight is 586 g/mol. The molecule has 0 radical (unpaired) electrons. The molecule has 13 nitrogen and oxygen atoms in total. The zero-order valence-electron chi connectivity index (χ0n) is 23.1. The smallest absolute Gasteiger partial charge is 0.336 e. The number of rotatable bonds is 13. The van der Waals surface area contributed by atoms with Crippen molar-refractivity contribution in [3.63, 3.8) is 0 Å². The lowest BCUT2D eigenvalue weighted by atomic mass is 9.96. The molecule has 0 spiro atoms. The molecule has 2 heterocycles. The fourth-order valence-corrected chi connectivity index (χ4v) is 4.51. The number of methoxy groups -OCH3 is 1. The topological polar surface area (TPSA) is 203 Å². The number of ether oxygens (including phenoxy) is 2. The van der Waals surface area contributed by atoms with E-state index in [0.29, 0.717) is 0 Å². The third-order valence-corrected chi connectivity index (χ3v) is 6.60. The second-order valence-electron chi connectivity index (χ2n) is 9.95. The molecule has 1 atom stereocenters. The van der Waals surface area contributed by atoms with Gasteiger partial charge in [-0.15, -0.1) is 0 Å². The summed E-state index contributed by atoms with van der Waals surface area (Å²) in [4.78, 5) is 32.9. The first-order valence-electron chi connectivity index (χ1n) is 13.2. The Balaban J connectivity index is 0.000000316. The van der Waals surface area contributed by atoms with E-state index in [-0.39, 0.29) is 11.9 Å². The molecule has 1 aliphatic rings. The van der Waals surface area contributed by atoms with E-state index in [0.717, 1.165) is 61.7 Å². The first-order valence-corrected chi connectivity index (χ1v) is 13.2. The third kappa shape index (κ3) is 9.58. The molecule has 1 aliphatic heterocycles. The molecular formula is C29H35N3O10. The van der Waals surface area contributed by atoms with Crippen LogP contribution in [0.4, 0.5) is 0 Å². The highest BCUT2D eigenvalue weighted by Gasteiger charge is 2.40. The molecule has 2 aromatic carbocycles. The number of phenolic OH excluding ortho intramolecular Hbond substituents is 1. The summed E-state index contributed by atoms with van der Waals surface area (Å²) in [6.45, 7) is 3.32. The summed E-state index contributed by atoms with van der Waals surface area (Å²) in [5.41, 5.74) is 1.62. The highest BCUT2D eigenvalue weighted by Crippen LogP contribution is 2.26. The Kier molecular flexibility index (Phi) is 11.4. The number of aliphatic carboxylic acids is 3. The number of phenols is 1. The number of hydrogen-bond donors (Lipinski definition) is 6. The molecule has 1 unspecified atom stereocenters. The Morgan fingerprint density at radius 1 is 1.02 bits per heavy atom. The van der Waals surface area contributed by atoms with Gasteiger partial charge in [0.25, 0.3) is 0 Å². The van der Waals surface area contributed by atoms with Crippen LogP contribution in [0.15, 0.2) is 54.7 Å². The zero-order chi connectivity index (χ0) is 30.7. The SMILES string of the molecule is COc1ccc(CN(Cc2cn[nH]c2-c2ccc(O)cc2)CC2CCCO2)cc1.O=C(O)CC(O)(CC(=O)O)C(=O)O. The van der Waals surface area contributed by atoms with Crippen molar-refractivity contribution in [2.24, 2.45) is 0 Å². The first-order chi connectivity index (χ1) is 20.0. The maximum Gasteiger partial charge on any atom is 0.336 e. The third-order valence-electron chi connectivity index (χ3n) is 6.60. The monoisotopic (exact) mass is 585 g/mol. The summed E-state index contributed by atoms with van der Waals surface area (Å²) < 4.78 is 11.2. The van der Waals surface area contributed by atoms with Crippen LogP contribution >= 0.6 is 0 Å². The zero-order valence-corrected chi connectivity index (χ0v) is 23.1. The van der Waals surface area contributed by atoms with Gasteiger partial charge in [-0.2, -0.15) is 5.10 Å². The minimum Gasteiger partial charge on any atom is -0.508 e. The number of aromatic amines is 1. The number of benzene rings is 2. The van der Waals surface area contributed by atoms with Gasteiger partial charge in [0.1, 0.15) is 11.5 Å². The number of carbonyl (C=O) groups is 3. The van der Waals surface area contributed by atoms with Crippen LogP contribution in [-0.2, 0) is 32.2 Å². The van der Waals surface area contributed by atoms with Gasteiger partial charge >= 0.3 is 17.9 Å². The predicted octanol–water partition coefficient (Wildman–Crippen LogP) is 2.72. The molecular weight excluding hydrogens is 550 g/mol. The van der Waals surface area contributed by atoms with Crippen molar-refractivity contribution in [3.05, 3.63) is 65.9 Å². The van der Waals surface area contributed by atoms with Crippen LogP contribution in [0.5, 0.6) is 11.5 Å². The Hall–Kier alpha value is -4.46. The van der Waals surface area contributed by atoms with Gasteiger partial charge in [0.2, 0.25) is 0 Å². The molecule has 0 amide bonds. The van der Waals surface area contributed by atoms with Gasteiger partial charge in [0, 0.05) is 37.4 Å². The second kappa shape index (κ2) is 15.0. The van der Waals surface area contributed by atoms with Crippen LogP contribution in [0.2, 0.25) is 0 Å². The van der Waals surface area contributed by atoms with E-state index >= 15 is 0 Å². The summed E-state index contributed by atoms with van der Waals surface area (Å²) in [6.07, 6.45) is 2.11. The van der Waals surface area contributed by atoms with Crippen molar-refractivity contribution < 1.29 is 49.4 Å². The van der Waals surface area contributed by atoms with Crippen LogP contribution < -0.4 is 4.74 Å². The van der Waals surface area contributed by atoms with Gasteiger partial charge in [0.05, 0.1) is 37.9 Å². The van der Waals surface area contributed by atoms with Gasteiger partial charge in [-0.05, 0) is 54.8 Å². The molecule has 226 valence electrons. The second-order valence-corrected chi connectivity index (χ2v) is 9.95. The normalized spacial score (nSPS) is 14.7. The van der Waals surface area contributed by atoms with E-state index in [4.69, 9.17) is 29.9 Å². The maximum absolute atomic E-state index is 10.3. The number of nitrogens with zero attached hydrogens (tertiary/aromatic N) is 2. The van der Waals surface area contributed by atoms with E-state index in [1.807, 2.05) is 30.5 Å². The average Bonchev–Trinajstić information content (AvgIpc) is 3.61. The van der Waals surface area contributed by atoms with Crippen molar-refractivity contribution in [1.29, 1.82) is 0 Å². The van der Waals surface area contributed by atoms with E-state index in [2.05, 4.69) is 27.2 Å². The Labute approximate surface area is 241 Å². The number of nitrogens with one attached hydrogen (secondary N) is 1. The summed E-state index contributed by atoms with van der Waals surface area (Å²) in [5.74, 6) is -3.90. The number of carboxylic acids is 3. The lowest BCUT2D eigenvalue weighted by Gasteiger charge is -2.25. The number of carboxylic acid groups (broad SMARTS) is 3. The fraction of sp³-hybridized carbons (Fsp3) is 0.379. The minimum atomic E-state index is -2.74. The molecule has 13 heteroatoms. The summed E-state index contributed by atoms with van der Waals surface area (Å²) in [6, 6.07) is 15.4. The molecule has 42 heavy (non-hydrogen) atoms. The van der Waals surface area contributed by atoms with Crippen LogP contribution in [0.3, 0.4) is 0 Å². The molecule has 1 aromatic heterocycles. The van der Waals surface area contributed by atoms with Crippen LogP contribution in [0.1, 0.15) is 36.8 Å². The highest BCUT2D eigenvalue weighted by molar-refractivity contribution is 5.88. The molecule has 0 bridgehead atoms. The van der Waals surface area contributed by atoms with Crippen LogP contribution in [0.25, 0.3) is 11.3 Å². The van der Waals surface area contributed by atoms with E-state index in [1.54, 1.807) is 19.2 Å². The van der Waals surface area contributed by atoms with Crippen molar-refractivity contribution in [2.75, 3.05) is 20.3 Å². The Morgan fingerprint density at radius 3 is 2.19 bits per heavy atom. The number of aliphatic hydroxyl groups is 1. The van der Waals surface area contributed by atoms with Gasteiger partial charge < -0.3 is 35.0 Å². The summed E-state index contributed by atoms with van der Waals surface area (Å²) in [5, 5.41) is 50.8. The first kappa shape index (κ1) is 32.1. The van der Waals surface area contributed by atoms with Gasteiger partial charge in [-0.1, -0.05) is 12.1 Å². The minimum absolute atomic E-state index is 0.259. The van der Waals surface area contributed by atoms with Crippen LogP contribution in [0, 0.1) is 0 Å². The fourth-order valence-electron chi connectivity index (χ4n) is 4.51. The number of aromatic nitrogens is 2. The van der Waals surface area contributed by atoms with Gasteiger partial charge in [-0.25, -0.2) is 4.79 Å². The standard InChI is InChI=1S/C23H27N3O3.C6H8O7/c1-28-21-10-4-17(5-11-21)14-26(16-22-3-2-12-29-22)15-19-13-24-25-23(19)18-6-8-20(27)9-7-18;7-3(8)1-6(13,5(11)12)2-4(9)10/h4-11,13,22,27H,2-3,12,14-16H2,1H3,(H,24,25);13H,1-2H2,(H,7,8)(H,9,10)(H,11,12). The molecule has 0 saturated carbocycles. The predicted molar refractivity (Wildman–Crippen MR) is 149 cm³/mol. The molecule has 0 aliphatic carbocycles. The lowest BCUT2D eigenvalue weighted by Crippen LogP contribution is -2.42. The lowest BCUT2D eigenvalue weighted by molar-refractivity contribution is -0.170.